The molecule has 144 valence electrons. The highest BCUT2D eigenvalue weighted by Gasteiger charge is 2.34. The molecule has 1 heteroatoms. The molecule has 0 spiro atoms. The van der Waals surface area contributed by atoms with Crippen molar-refractivity contribution >= 4 is 13.2 Å². The lowest BCUT2D eigenvalue weighted by Gasteiger charge is -2.39. The van der Waals surface area contributed by atoms with Crippen molar-refractivity contribution in [1.29, 1.82) is 0 Å². The molecule has 1 saturated heterocycles. The summed E-state index contributed by atoms with van der Waals surface area (Å²) in [5, 5.41) is 1.62. The molecule has 1 fully saturated rings. The Morgan fingerprint density at radius 1 is 0.750 bits per heavy atom. The molecular weight excluding hydrogens is 355 g/mol. The number of aryl methyl sites for hydroxylation is 4. The second-order valence-corrected chi connectivity index (χ2v) is 11.0. The van der Waals surface area contributed by atoms with Crippen molar-refractivity contribution in [1.82, 2.24) is 0 Å². The molecule has 28 heavy (non-hydrogen) atoms. The van der Waals surface area contributed by atoms with Crippen LogP contribution in [0.15, 0.2) is 66.7 Å². The molecular formula is C27H31P. The van der Waals surface area contributed by atoms with Crippen LogP contribution in [0.5, 0.6) is 0 Å². The van der Waals surface area contributed by atoms with Crippen LogP contribution in [0.3, 0.4) is 0 Å². The Morgan fingerprint density at radius 3 is 2.11 bits per heavy atom. The zero-order valence-electron chi connectivity index (χ0n) is 17.6. The maximum atomic E-state index is 2.43. The summed E-state index contributed by atoms with van der Waals surface area (Å²) < 4.78 is 0. The molecule has 0 radical (unpaired) electrons. The Morgan fingerprint density at radius 2 is 1.43 bits per heavy atom. The molecule has 1 aliphatic rings. The molecule has 0 aliphatic carbocycles. The first kappa shape index (κ1) is 19.4. The molecule has 3 atom stereocenters. The monoisotopic (exact) mass is 386 g/mol. The van der Waals surface area contributed by atoms with Gasteiger partial charge < -0.3 is 0 Å². The molecule has 3 aromatic carbocycles. The van der Waals surface area contributed by atoms with Gasteiger partial charge in [0.15, 0.2) is 0 Å². The summed E-state index contributed by atoms with van der Waals surface area (Å²) in [5.41, 5.74) is 9.45. The summed E-state index contributed by atoms with van der Waals surface area (Å²) in [6, 6.07) is 25.4. The Kier molecular flexibility index (Phi) is 5.70. The number of rotatable bonds is 3. The quantitative estimate of drug-likeness (QED) is 0.413. The van der Waals surface area contributed by atoms with Gasteiger partial charge in [-0.3, -0.25) is 0 Å². The summed E-state index contributed by atoms with van der Waals surface area (Å²) in [5.74, 6) is 0.677. The molecule has 1 aliphatic heterocycles. The number of hydrogen-bond donors (Lipinski definition) is 0. The molecule has 0 saturated carbocycles. The predicted molar refractivity (Wildman–Crippen MR) is 124 cm³/mol. The highest BCUT2D eigenvalue weighted by Crippen LogP contribution is 2.60. The molecule has 4 rings (SSSR count). The van der Waals surface area contributed by atoms with E-state index < -0.39 is 0 Å². The van der Waals surface area contributed by atoms with Crippen LogP contribution < -0.4 is 5.30 Å². The van der Waals surface area contributed by atoms with Crippen LogP contribution in [0.25, 0.3) is 0 Å². The normalized spacial score (nSPS) is 22.2. The maximum Gasteiger partial charge on any atom is 0.00904 e. The van der Waals surface area contributed by atoms with Crippen LogP contribution in [-0.2, 0) is 0 Å². The standard InChI is InChI=1S/C27H31P/c1-19-10-12-25(21(3)16-19)27-18-24(23-8-6-5-7-9-23)14-15-28(27)26-13-11-20(2)17-22(26)4/h5-13,16-17,24,27H,14-15,18H2,1-4H3. The van der Waals surface area contributed by atoms with E-state index in [1.165, 1.54) is 46.8 Å². The van der Waals surface area contributed by atoms with Gasteiger partial charge in [0.1, 0.15) is 0 Å². The van der Waals surface area contributed by atoms with E-state index in [-0.39, 0.29) is 7.92 Å². The van der Waals surface area contributed by atoms with Crippen molar-refractivity contribution < 1.29 is 0 Å². The summed E-state index contributed by atoms with van der Waals surface area (Å²) in [6.07, 6.45) is 3.91. The van der Waals surface area contributed by atoms with Gasteiger partial charge >= 0.3 is 0 Å². The smallest absolute Gasteiger partial charge is 0.00904 e. The van der Waals surface area contributed by atoms with E-state index in [1.54, 1.807) is 10.9 Å². The summed E-state index contributed by atoms with van der Waals surface area (Å²) in [6.45, 7) is 9.03. The third-order valence-electron chi connectivity index (χ3n) is 6.32. The largest absolute Gasteiger partial charge is 0.0673 e. The van der Waals surface area contributed by atoms with Crippen molar-refractivity contribution in [2.24, 2.45) is 0 Å². The molecule has 1 heterocycles. The number of hydrogen-bond acceptors (Lipinski definition) is 0. The van der Waals surface area contributed by atoms with E-state index in [0.29, 0.717) is 11.6 Å². The highest BCUT2D eigenvalue weighted by atomic mass is 31.1. The topological polar surface area (TPSA) is 0 Å². The lowest BCUT2D eigenvalue weighted by Crippen LogP contribution is -2.22. The van der Waals surface area contributed by atoms with Gasteiger partial charge in [-0.05, 0) is 80.2 Å². The van der Waals surface area contributed by atoms with Crippen LogP contribution in [0.2, 0.25) is 0 Å². The first-order valence-corrected chi connectivity index (χ1v) is 12.1. The minimum Gasteiger partial charge on any atom is -0.0673 e. The van der Waals surface area contributed by atoms with Crippen LogP contribution in [0, 0.1) is 27.7 Å². The van der Waals surface area contributed by atoms with E-state index in [1.807, 2.05) is 0 Å². The van der Waals surface area contributed by atoms with E-state index >= 15 is 0 Å². The summed E-state index contributed by atoms with van der Waals surface area (Å²) >= 11 is 0. The lowest BCUT2D eigenvalue weighted by molar-refractivity contribution is 0.574. The van der Waals surface area contributed by atoms with Gasteiger partial charge in [0.05, 0.1) is 0 Å². The van der Waals surface area contributed by atoms with Crippen molar-refractivity contribution in [2.45, 2.75) is 52.1 Å². The average molecular weight is 387 g/mol. The van der Waals surface area contributed by atoms with Gasteiger partial charge in [0.2, 0.25) is 0 Å². The number of benzene rings is 3. The second-order valence-electron chi connectivity index (χ2n) is 8.49. The fraction of sp³-hybridized carbons (Fsp3) is 0.333. The van der Waals surface area contributed by atoms with Crippen LogP contribution in [0.1, 0.15) is 57.8 Å². The second kappa shape index (κ2) is 8.22. The van der Waals surface area contributed by atoms with Crippen LogP contribution in [-0.4, -0.2) is 6.16 Å². The summed E-state index contributed by atoms with van der Waals surface area (Å²) in [7, 11) is -0.183. The Hall–Kier alpha value is -1.91. The minimum absolute atomic E-state index is 0.183. The van der Waals surface area contributed by atoms with Gasteiger partial charge in [0, 0.05) is 5.66 Å². The molecule has 0 aromatic heterocycles. The maximum absolute atomic E-state index is 2.43. The fourth-order valence-corrected chi connectivity index (χ4v) is 8.30. The zero-order chi connectivity index (χ0) is 19.7. The molecule has 0 amide bonds. The first-order valence-electron chi connectivity index (χ1n) is 10.5. The Labute approximate surface area is 171 Å². The average Bonchev–Trinajstić information content (AvgIpc) is 2.69. The third kappa shape index (κ3) is 3.94. The highest BCUT2D eigenvalue weighted by molar-refractivity contribution is 7.66. The van der Waals surface area contributed by atoms with E-state index in [9.17, 15) is 0 Å². The zero-order valence-corrected chi connectivity index (χ0v) is 18.5. The van der Waals surface area contributed by atoms with Crippen LogP contribution in [0.4, 0.5) is 0 Å². The van der Waals surface area contributed by atoms with Gasteiger partial charge in [-0.25, -0.2) is 0 Å². The molecule has 3 unspecified atom stereocenters. The predicted octanol–water partition coefficient (Wildman–Crippen LogP) is 7.35. The van der Waals surface area contributed by atoms with Gasteiger partial charge in [-0.2, -0.15) is 0 Å². The van der Waals surface area contributed by atoms with E-state index in [2.05, 4.69) is 94.4 Å². The lowest BCUT2D eigenvalue weighted by atomic mass is 9.88. The summed E-state index contributed by atoms with van der Waals surface area (Å²) in [4.78, 5) is 0. The Bertz CT molecular complexity index is 957. The van der Waals surface area contributed by atoms with Crippen molar-refractivity contribution in [3.8, 4) is 0 Å². The SMILES string of the molecule is Cc1ccc(C2CC(c3ccccc3)CCP2c2ccc(C)cc2C)c(C)c1. The fourth-order valence-electron chi connectivity index (χ4n) is 4.90. The first-order chi connectivity index (χ1) is 13.5. The van der Waals surface area contributed by atoms with E-state index in [4.69, 9.17) is 0 Å². The molecule has 0 bridgehead atoms. The molecule has 0 N–H and O–H groups in total. The van der Waals surface area contributed by atoms with Crippen LogP contribution >= 0.6 is 7.92 Å². The van der Waals surface area contributed by atoms with Crippen molar-refractivity contribution in [3.63, 3.8) is 0 Å². The van der Waals surface area contributed by atoms with Crippen molar-refractivity contribution in [3.05, 3.63) is 100 Å². The van der Waals surface area contributed by atoms with Crippen molar-refractivity contribution in [2.75, 3.05) is 6.16 Å². The molecule has 0 nitrogen and oxygen atoms in total. The third-order valence-corrected chi connectivity index (χ3v) is 9.42. The molecule has 3 aromatic rings. The van der Waals surface area contributed by atoms with Gasteiger partial charge in [-0.15, -0.1) is 0 Å². The minimum atomic E-state index is -0.183. The van der Waals surface area contributed by atoms with E-state index in [0.717, 1.165) is 0 Å². The van der Waals surface area contributed by atoms with Gasteiger partial charge in [0.25, 0.3) is 0 Å². The van der Waals surface area contributed by atoms with Gasteiger partial charge in [-0.1, -0.05) is 85.8 Å². The Balaban J connectivity index is 1.75.